The minimum Gasteiger partial charge on any atom is -0.493 e. The molecule has 0 saturated heterocycles. The number of carboxylic acids is 1. The molecule has 0 radical (unpaired) electrons. The number of nitriles is 1. The quantitative estimate of drug-likeness (QED) is 0.0773. The van der Waals surface area contributed by atoms with Gasteiger partial charge in [0.15, 0.2) is 34.6 Å². The number of benzene rings is 6. The third-order valence-electron chi connectivity index (χ3n) is 8.77. The van der Waals surface area contributed by atoms with E-state index in [9.17, 15) is 29.5 Å². The second kappa shape index (κ2) is 21.0. The van der Waals surface area contributed by atoms with E-state index in [2.05, 4.69) is 15.9 Å². The molecule has 0 amide bonds. The normalized spacial score (nSPS) is 10.3. The van der Waals surface area contributed by atoms with Crippen molar-refractivity contribution < 1.29 is 48.0 Å². The predicted octanol–water partition coefficient (Wildman–Crippen LogP) is 9.91. The van der Waals surface area contributed by atoms with Crippen LogP contribution in [0.3, 0.4) is 0 Å². The zero-order chi connectivity index (χ0) is 43.2. The van der Waals surface area contributed by atoms with E-state index in [0.29, 0.717) is 21.5 Å². The summed E-state index contributed by atoms with van der Waals surface area (Å²) in [5, 5.41) is 18.9. The molecule has 1 N–H and O–H groups in total. The van der Waals surface area contributed by atoms with Crippen molar-refractivity contribution in [2.24, 2.45) is 0 Å². The number of carboxylic acid groups (broad SMARTS) is 1. The van der Waals surface area contributed by atoms with Crippen molar-refractivity contribution in [2.45, 2.75) is 33.2 Å². The van der Waals surface area contributed by atoms with Crippen LogP contribution in [0.1, 0.15) is 83.1 Å². The molecule has 60 heavy (non-hydrogen) atoms. The zero-order valence-corrected chi connectivity index (χ0v) is 34.7. The topological polar surface area (TPSA) is 158 Å². The summed E-state index contributed by atoms with van der Waals surface area (Å²) in [7, 11) is 2.88. The second-order valence-electron chi connectivity index (χ2n) is 13.2. The average molecular weight is 871 g/mol. The number of nitrogens with zero attached hydrogens (tertiary/aromatic N) is 1. The van der Waals surface area contributed by atoms with Crippen molar-refractivity contribution in [3.8, 4) is 29.1 Å². The van der Waals surface area contributed by atoms with Gasteiger partial charge in [0.2, 0.25) is 0 Å². The first kappa shape index (κ1) is 43.9. The van der Waals surface area contributed by atoms with Gasteiger partial charge in [-0.1, -0.05) is 101 Å². The third kappa shape index (κ3) is 11.0. The highest BCUT2D eigenvalue weighted by Crippen LogP contribution is 2.35. The molecule has 0 heterocycles. The van der Waals surface area contributed by atoms with E-state index in [1.54, 1.807) is 50.2 Å². The fourth-order valence-corrected chi connectivity index (χ4v) is 6.31. The van der Waals surface area contributed by atoms with Crippen LogP contribution in [0.25, 0.3) is 0 Å². The molecule has 11 nitrogen and oxygen atoms in total. The first-order valence-corrected chi connectivity index (χ1v) is 19.3. The van der Waals surface area contributed by atoms with Crippen LogP contribution < -0.4 is 18.9 Å². The second-order valence-corrected chi connectivity index (χ2v) is 14.1. The van der Waals surface area contributed by atoms with E-state index in [1.165, 1.54) is 44.6 Å². The van der Waals surface area contributed by atoms with Crippen molar-refractivity contribution in [2.75, 3.05) is 14.2 Å². The number of carbonyl (C=O) groups is 4. The summed E-state index contributed by atoms with van der Waals surface area (Å²) in [6.45, 7) is 4.01. The SMILES string of the molecule is COc1cc(C(=O)O)c(C(=O)c2ccccc2C#N)cc1OCc1ccccc1.COc1cc(C(=O)OC(C)C)c(C(=O)c2ccccc2Br)cc1OCc1ccccc1. The number of methoxy groups -OCH3 is 2. The minimum atomic E-state index is -1.28. The summed E-state index contributed by atoms with van der Waals surface area (Å²) in [6.07, 6.45) is -0.334. The molecule has 6 aromatic rings. The van der Waals surface area contributed by atoms with E-state index in [4.69, 9.17) is 23.7 Å². The smallest absolute Gasteiger partial charge is 0.339 e. The maximum atomic E-state index is 13.4. The lowest BCUT2D eigenvalue weighted by atomic mass is 9.95. The van der Waals surface area contributed by atoms with Crippen LogP contribution in [0.2, 0.25) is 0 Å². The average Bonchev–Trinajstić information content (AvgIpc) is 3.27. The Labute approximate surface area is 355 Å². The van der Waals surface area contributed by atoms with E-state index in [1.807, 2.05) is 72.8 Å². The minimum absolute atomic E-state index is 0.0796. The molecular formula is C48H40BrNO10. The summed E-state index contributed by atoms with van der Waals surface area (Å²) in [5.74, 6) is -1.64. The van der Waals surface area contributed by atoms with E-state index >= 15 is 0 Å². The van der Waals surface area contributed by atoms with Gasteiger partial charge in [-0.15, -0.1) is 0 Å². The number of ketones is 2. The van der Waals surface area contributed by atoms with E-state index in [-0.39, 0.29) is 70.0 Å². The van der Waals surface area contributed by atoms with Crippen LogP contribution in [0.15, 0.2) is 138 Å². The maximum Gasteiger partial charge on any atom is 0.339 e. The highest BCUT2D eigenvalue weighted by Gasteiger charge is 2.26. The van der Waals surface area contributed by atoms with Gasteiger partial charge >= 0.3 is 11.9 Å². The molecule has 0 spiro atoms. The van der Waals surface area contributed by atoms with Crippen LogP contribution in [-0.4, -0.2) is 48.9 Å². The van der Waals surface area contributed by atoms with Crippen LogP contribution in [-0.2, 0) is 18.0 Å². The molecule has 0 saturated carbocycles. The molecule has 6 rings (SSSR count). The van der Waals surface area contributed by atoms with Gasteiger partial charge in [-0.2, -0.15) is 5.26 Å². The molecule has 0 aromatic heterocycles. The lowest BCUT2D eigenvalue weighted by Gasteiger charge is -2.17. The molecule has 6 aromatic carbocycles. The zero-order valence-electron chi connectivity index (χ0n) is 33.1. The maximum absolute atomic E-state index is 13.4. The standard InChI is InChI=1S/C25H23BrO5.C23H17NO5/c1-16(2)31-25(28)20-14-22(29-3)23(30-15-17-9-5-4-6-10-17)13-19(20)24(27)18-11-7-8-12-21(18)26;1-28-20-12-19(23(26)27)18(22(25)17-10-6-5-9-16(17)13-24)11-21(20)29-14-15-7-3-2-4-8-15/h4-14,16H,15H2,1-3H3;2-12H,14H2,1H3,(H,26,27). The van der Waals surface area contributed by atoms with Gasteiger partial charge in [0.1, 0.15) is 13.2 Å². The monoisotopic (exact) mass is 869 g/mol. The Morgan fingerprint density at radius 2 is 1.02 bits per heavy atom. The van der Waals surface area contributed by atoms with Crippen molar-refractivity contribution in [3.63, 3.8) is 0 Å². The fraction of sp³-hybridized carbons (Fsp3) is 0.146. The molecule has 0 unspecified atom stereocenters. The fourth-order valence-electron chi connectivity index (χ4n) is 5.85. The Morgan fingerprint density at radius 1 is 0.583 bits per heavy atom. The summed E-state index contributed by atoms with van der Waals surface area (Å²) in [5.41, 5.74) is 2.58. The number of ether oxygens (including phenoxy) is 5. The van der Waals surface area contributed by atoms with Crippen LogP contribution in [0.5, 0.6) is 23.0 Å². The van der Waals surface area contributed by atoms with Gasteiger partial charge in [0, 0.05) is 26.7 Å². The van der Waals surface area contributed by atoms with Crippen molar-refractivity contribution in [1.29, 1.82) is 5.26 Å². The summed E-state index contributed by atoms with van der Waals surface area (Å²) >= 11 is 3.41. The molecule has 304 valence electrons. The van der Waals surface area contributed by atoms with Gasteiger partial charge in [0.05, 0.1) is 43.1 Å². The number of carbonyl (C=O) groups excluding carboxylic acids is 3. The highest BCUT2D eigenvalue weighted by atomic mass is 79.9. The Balaban J connectivity index is 0.000000228. The number of halogens is 1. The number of aromatic carboxylic acids is 1. The molecule has 0 aliphatic heterocycles. The molecule has 0 atom stereocenters. The molecule has 0 aliphatic carbocycles. The Bertz CT molecular complexity index is 2530. The van der Waals surface area contributed by atoms with Gasteiger partial charge in [-0.25, -0.2) is 9.59 Å². The highest BCUT2D eigenvalue weighted by molar-refractivity contribution is 9.10. The lowest BCUT2D eigenvalue weighted by Crippen LogP contribution is -2.17. The number of rotatable bonds is 15. The lowest BCUT2D eigenvalue weighted by molar-refractivity contribution is 0.0374. The Hall–Kier alpha value is -7.23. The summed E-state index contributed by atoms with van der Waals surface area (Å²) in [4.78, 5) is 51.0. The van der Waals surface area contributed by atoms with Crippen LogP contribution in [0, 0.1) is 11.3 Å². The van der Waals surface area contributed by atoms with Crippen LogP contribution >= 0.6 is 15.9 Å². The van der Waals surface area contributed by atoms with Gasteiger partial charge in [-0.05, 0) is 73.5 Å². The third-order valence-corrected chi connectivity index (χ3v) is 9.47. The van der Waals surface area contributed by atoms with Gasteiger partial charge < -0.3 is 28.8 Å². The predicted molar refractivity (Wildman–Crippen MR) is 227 cm³/mol. The van der Waals surface area contributed by atoms with Crippen molar-refractivity contribution in [1.82, 2.24) is 0 Å². The van der Waals surface area contributed by atoms with Gasteiger partial charge in [-0.3, -0.25) is 9.59 Å². The Morgan fingerprint density at radius 3 is 1.50 bits per heavy atom. The first-order chi connectivity index (χ1) is 28.9. The number of hydrogen-bond donors (Lipinski definition) is 1. The number of esters is 1. The van der Waals surface area contributed by atoms with Crippen molar-refractivity contribution in [3.05, 3.63) is 188 Å². The summed E-state index contributed by atoms with van der Waals surface area (Å²) < 4.78 is 28.4. The van der Waals surface area contributed by atoms with E-state index < -0.39 is 17.7 Å². The van der Waals surface area contributed by atoms with Crippen LogP contribution in [0.4, 0.5) is 0 Å². The summed E-state index contributed by atoms with van der Waals surface area (Å²) in [6, 6.07) is 39.9. The Kier molecular flexibility index (Phi) is 15.3. The molecule has 0 bridgehead atoms. The number of hydrogen-bond acceptors (Lipinski definition) is 10. The molecular weight excluding hydrogens is 830 g/mol. The molecule has 12 heteroatoms. The first-order valence-electron chi connectivity index (χ1n) is 18.5. The molecule has 0 fully saturated rings. The van der Waals surface area contributed by atoms with Gasteiger partial charge in [0.25, 0.3) is 0 Å². The molecule has 0 aliphatic rings. The van der Waals surface area contributed by atoms with E-state index in [0.717, 1.165) is 11.1 Å². The van der Waals surface area contributed by atoms with Crippen molar-refractivity contribution >= 4 is 39.4 Å². The largest absolute Gasteiger partial charge is 0.493 e.